The quantitative estimate of drug-likeness (QED) is 0.232. The molecule has 0 saturated carbocycles. The molecule has 5 aliphatic heterocycles. The van der Waals surface area contributed by atoms with Crippen molar-refractivity contribution in [1.82, 2.24) is 19.6 Å². The van der Waals surface area contributed by atoms with Crippen LogP contribution in [0.4, 0.5) is 0 Å². The lowest BCUT2D eigenvalue weighted by Gasteiger charge is -2.32. The van der Waals surface area contributed by atoms with Gasteiger partial charge in [-0.25, -0.2) is 0 Å². The minimum absolute atomic E-state index is 0.0283. The van der Waals surface area contributed by atoms with Gasteiger partial charge in [-0.2, -0.15) is 0 Å². The molecule has 4 aromatic carbocycles. The van der Waals surface area contributed by atoms with Crippen LogP contribution < -0.4 is 0 Å². The molecule has 0 aromatic heterocycles. The molecule has 5 aliphatic rings. The fourth-order valence-electron chi connectivity index (χ4n) is 9.13. The second-order valence-electron chi connectivity index (χ2n) is 17.2. The van der Waals surface area contributed by atoms with Crippen LogP contribution in [0, 0.1) is 0 Å². The van der Waals surface area contributed by atoms with Crippen molar-refractivity contribution in [2.75, 3.05) is 105 Å². The summed E-state index contributed by atoms with van der Waals surface area (Å²) < 4.78 is 48.6. The zero-order valence-electron chi connectivity index (χ0n) is 39.2. The van der Waals surface area contributed by atoms with Gasteiger partial charge in [0.1, 0.15) is 24.4 Å². The summed E-state index contributed by atoms with van der Waals surface area (Å²) in [5, 5.41) is 0. The molecule has 20 heteroatoms. The molecule has 0 aliphatic carbocycles. The van der Waals surface area contributed by atoms with Crippen LogP contribution in [0.15, 0.2) is 97.1 Å². The zero-order valence-corrected chi connectivity index (χ0v) is 39.2. The Bertz CT molecular complexity index is 2220. The molecule has 0 N–H and O–H groups in total. The van der Waals surface area contributed by atoms with E-state index in [1.807, 2.05) is 0 Å². The highest BCUT2D eigenvalue weighted by Crippen LogP contribution is 2.29. The van der Waals surface area contributed by atoms with E-state index in [2.05, 4.69) is 0 Å². The van der Waals surface area contributed by atoms with Gasteiger partial charge in [0.15, 0.2) is 0 Å². The molecule has 4 atom stereocenters. The minimum atomic E-state index is -1.04. The van der Waals surface area contributed by atoms with E-state index in [0.29, 0.717) is 0 Å². The SMILES string of the molecule is O=C1c2ccccc2C(=O)N1CC1OCCOCCOCCOC(CN2C(=O)c3ccccc3C2=O)C(CN2C(=O)c3ccccc3C2=O)OCCOCCOCCOC1CN1C(=O)c2ccccc2C1=O. The van der Waals surface area contributed by atoms with Gasteiger partial charge in [-0.3, -0.25) is 58.0 Å². The second-order valence-corrected chi connectivity index (χ2v) is 17.2. The third kappa shape index (κ3) is 10.7. The number of carbonyl (C=O) groups is 8. The molecular formula is C52H52N4O16. The number of imide groups is 4. The maximum Gasteiger partial charge on any atom is 0.261 e. The number of amides is 8. The third-order valence-corrected chi connectivity index (χ3v) is 12.8. The molecule has 9 rings (SSSR count). The number of fused-ring (bicyclic) bond motifs is 4. The molecular weight excluding hydrogens is 937 g/mol. The van der Waals surface area contributed by atoms with E-state index in [0.717, 1.165) is 19.6 Å². The van der Waals surface area contributed by atoms with Gasteiger partial charge in [-0.1, -0.05) is 48.5 Å². The number of hydrogen-bond acceptors (Lipinski definition) is 16. The predicted octanol–water partition coefficient (Wildman–Crippen LogP) is 2.79. The summed E-state index contributed by atoms with van der Waals surface area (Å²) in [7, 11) is 0. The highest BCUT2D eigenvalue weighted by molar-refractivity contribution is 6.23. The van der Waals surface area contributed by atoms with Gasteiger partial charge in [0.25, 0.3) is 47.3 Å². The van der Waals surface area contributed by atoms with E-state index >= 15 is 0 Å². The Morgan fingerprint density at radius 1 is 0.264 bits per heavy atom. The van der Waals surface area contributed by atoms with E-state index in [4.69, 9.17) is 37.9 Å². The van der Waals surface area contributed by atoms with Gasteiger partial charge in [0.2, 0.25) is 0 Å². The topological polar surface area (TPSA) is 223 Å². The van der Waals surface area contributed by atoms with Gasteiger partial charge in [-0.05, 0) is 48.5 Å². The normalized spacial score (nSPS) is 23.3. The van der Waals surface area contributed by atoms with Crippen molar-refractivity contribution in [2.24, 2.45) is 0 Å². The van der Waals surface area contributed by atoms with Crippen molar-refractivity contribution in [1.29, 1.82) is 0 Å². The van der Waals surface area contributed by atoms with Gasteiger partial charge in [-0.15, -0.1) is 0 Å². The second kappa shape index (κ2) is 23.1. The van der Waals surface area contributed by atoms with E-state index in [-0.39, 0.29) is 150 Å². The van der Waals surface area contributed by atoms with Crippen LogP contribution in [0.2, 0.25) is 0 Å². The molecule has 4 aromatic rings. The first kappa shape index (κ1) is 50.1. The minimum Gasteiger partial charge on any atom is -0.377 e. The number of hydrogen-bond donors (Lipinski definition) is 0. The van der Waals surface area contributed by atoms with Crippen LogP contribution in [0.5, 0.6) is 0 Å². The molecule has 376 valence electrons. The molecule has 5 heterocycles. The summed E-state index contributed by atoms with van der Waals surface area (Å²) >= 11 is 0. The van der Waals surface area contributed by atoms with Crippen LogP contribution in [-0.4, -0.2) is 197 Å². The number of carbonyl (C=O) groups excluding carboxylic acids is 8. The van der Waals surface area contributed by atoms with Crippen molar-refractivity contribution in [3.8, 4) is 0 Å². The van der Waals surface area contributed by atoms with Crippen molar-refractivity contribution < 1.29 is 76.3 Å². The Morgan fingerprint density at radius 2 is 0.417 bits per heavy atom. The van der Waals surface area contributed by atoms with Crippen LogP contribution in [0.3, 0.4) is 0 Å². The first-order valence-electron chi connectivity index (χ1n) is 23.7. The summed E-state index contributed by atoms with van der Waals surface area (Å²) in [5.41, 5.74) is 1.89. The van der Waals surface area contributed by atoms with Crippen molar-refractivity contribution in [3.05, 3.63) is 142 Å². The molecule has 1 saturated heterocycles. The summed E-state index contributed by atoms with van der Waals surface area (Å²) in [5.74, 6) is -4.20. The Hall–Kier alpha value is -6.88. The van der Waals surface area contributed by atoms with Crippen LogP contribution in [0.25, 0.3) is 0 Å². The van der Waals surface area contributed by atoms with E-state index < -0.39 is 71.7 Å². The fraction of sp³-hybridized carbons (Fsp3) is 0.385. The number of nitrogens with zero attached hydrogens (tertiary/aromatic N) is 4. The lowest BCUT2D eigenvalue weighted by Crippen LogP contribution is -2.50. The Balaban J connectivity index is 0.886. The average molecular weight is 989 g/mol. The molecule has 8 amide bonds. The number of rotatable bonds is 8. The summed E-state index contributed by atoms with van der Waals surface area (Å²) in [6.07, 6.45) is -4.18. The Labute approximate surface area is 413 Å². The molecule has 0 radical (unpaired) electrons. The summed E-state index contributed by atoms with van der Waals surface area (Å²) in [4.78, 5) is 113. The first-order valence-corrected chi connectivity index (χ1v) is 23.7. The van der Waals surface area contributed by atoms with Gasteiger partial charge >= 0.3 is 0 Å². The van der Waals surface area contributed by atoms with Crippen molar-refractivity contribution in [3.63, 3.8) is 0 Å². The lowest BCUT2D eigenvalue weighted by atomic mass is 10.1. The molecule has 0 spiro atoms. The molecule has 72 heavy (non-hydrogen) atoms. The maximum atomic E-state index is 13.6. The fourth-order valence-corrected chi connectivity index (χ4v) is 9.13. The van der Waals surface area contributed by atoms with Crippen LogP contribution >= 0.6 is 0 Å². The standard InChI is InChI=1S/C52H52N4O16/c57-45-33-9-1-2-10-34(33)46(58)53(45)29-41-42(30-54-47(59)35-11-3-4-12-36(35)48(54)60)70-26-22-66-19-20-68-24-28-72-44(32-56-51(63)39-15-7-8-16-40(39)52(56)64)43(71-27-23-67-18-17-65-21-25-69-41)31-55-49(61)37-13-5-6-14-38(37)50(55)62/h1-16,41-44H,17-32H2. The smallest absolute Gasteiger partial charge is 0.261 e. The van der Waals surface area contributed by atoms with Gasteiger partial charge in [0, 0.05) is 0 Å². The lowest BCUT2D eigenvalue weighted by molar-refractivity contribution is -0.112. The third-order valence-electron chi connectivity index (χ3n) is 12.8. The highest BCUT2D eigenvalue weighted by Gasteiger charge is 2.44. The zero-order chi connectivity index (χ0) is 50.1. The number of ether oxygens (including phenoxy) is 8. The monoisotopic (exact) mass is 988 g/mol. The summed E-state index contributed by atoms with van der Waals surface area (Å²) in [6.45, 7) is -0.789. The van der Waals surface area contributed by atoms with Crippen molar-refractivity contribution >= 4 is 47.3 Å². The molecule has 4 unspecified atom stereocenters. The average Bonchev–Trinajstić information content (AvgIpc) is 3.98. The van der Waals surface area contributed by atoms with E-state index in [1.165, 1.54) is 0 Å². The maximum absolute atomic E-state index is 13.6. The van der Waals surface area contributed by atoms with Gasteiger partial charge in [0.05, 0.1) is 150 Å². The van der Waals surface area contributed by atoms with Gasteiger partial charge < -0.3 is 37.9 Å². The van der Waals surface area contributed by atoms with Crippen LogP contribution in [0.1, 0.15) is 82.9 Å². The first-order chi connectivity index (χ1) is 35.1. The van der Waals surface area contributed by atoms with E-state index in [9.17, 15) is 38.4 Å². The molecule has 0 bridgehead atoms. The molecule has 20 nitrogen and oxygen atoms in total. The Morgan fingerprint density at radius 3 is 0.583 bits per heavy atom. The summed E-state index contributed by atoms with van der Waals surface area (Å²) in [6, 6.07) is 25.8. The van der Waals surface area contributed by atoms with Crippen molar-refractivity contribution in [2.45, 2.75) is 24.4 Å². The van der Waals surface area contributed by atoms with E-state index in [1.54, 1.807) is 97.1 Å². The Kier molecular flexibility index (Phi) is 16.1. The number of benzene rings is 4. The predicted molar refractivity (Wildman–Crippen MR) is 249 cm³/mol. The largest absolute Gasteiger partial charge is 0.377 e. The van der Waals surface area contributed by atoms with Crippen LogP contribution in [-0.2, 0) is 37.9 Å². The molecule has 1 fully saturated rings. The highest BCUT2D eigenvalue weighted by atomic mass is 16.6.